The molecule has 1 fully saturated rings. The first-order chi connectivity index (χ1) is 8.66. The van der Waals surface area contributed by atoms with Crippen molar-refractivity contribution >= 4 is 28.4 Å². The average molecular weight is 358 g/mol. The van der Waals surface area contributed by atoms with Gasteiger partial charge in [-0.3, -0.25) is 4.79 Å². The summed E-state index contributed by atoms with van der Waals surface area (Å²) in [5.74, 6) is 0.253. The van der Waals surface area contributed by atoms with Gasteiger partial charge in [0.15, 0.2) is 5.78 Å². The van der Waals surface area contributed by atoms with Gasteiger partial charge >= 0.3 is 0 Å². The molecule has 0 spiro atoms. The standard InChI is InChI=1S/C15H19IO2/c1-2-18-15(9-3-4-10-15)14(17)11-12-5-7-13(16)8-6-12/h5-8H,2-4,9-11H2,1H3. The van der Waals surface area contributed by atoms with Crippen molar-refractivity contribution < 1.29 is 9.53 Å². The van der Waals surface area contributed by atoms with Crippen LogP contribution in [0.3, 0.4) is 0 Å². The summed E-state index contributed by atoms with van der Waals surface area (Å²) in [7, 11) is 0. The SMILES string of the molecule is CCOC1(C(=O)Cc2ccc(I)cc2)CCCC1. The van der Waals surface area contributed by atoms with Gasteiger partial charge in [-0.15, -0.1) is 0 Å². The molecule has 0 heterocycles. The third-order valence-electron chi connectivity index (χ3n) is 3.62. The Morgan fingerprint density at radius 3 is 2.44 bits per heavy atom. The van der Waals surface area contributed by atoms with Crippen molar-refractivity contribution in [2.24, 2.45) is 0 Å². The molecule has 0 unspecified atom stereocenters. The van der Waals surface area contributed by atoms with E-state index in [1.807, 2.05) is 31.2 Å². The van der Waals surface area contributed by atoms with Gasteiger partial charge in [0.25, 0.3) is 0 Å². The second-order valence-corrected chi connectivity index (χ2v) is 6.11. The molecule has 0 atom stereocenters. The summed E-state index contributed by atoms with van der Waals surface area (Å²) in [4.78, 5) is 12.5. The first-order valence-electron chi connectivity index (χ1n) is 6.58. The topological polar surface area (TPSA) is 26.3 Å². The van der Waals surface area contributed by atoms with E-state index >= 15 is 0 Å². The van der Waals surface area contributed by atoms with Gasteiger partial charge in [-0.2, -0.15) is 0 Å². The van der Waals surface area contributed by atoms with E-state index < -0.39 is 5.60 Å². The molecule has 2 nitrogen and oxygen atoms in total. The molecule has 0 radical (unpaired) electrons. The minimum absolute atomic E-state index is 0.253. The molecule has 98 valence electrons. The Kier molecular flexibility index (Phi) is 4.78. The Labute approximate surface area is 122 Å². The maximum absolute atomic E-state index is 12.5. The Morgan fingerprint density at radius 2 is 1.89 bits per heavy atom. The van der Waals surface area contributed by atoms with Gasteiger partial charge in [0.05, 0.1) is 0 Å². The summed E-state index contributed by atoms with van der Waals surface area (Å²) < 4.78 is 7.00. The van der Waals surface area contributed by atoms with Crippen LogP contribution in [0.4, 0.5) is 0 Å². The van der Waals surface area contributed by atoms with Crippen LogP contribution in [0, 0.1) is 3.57 Å². The molecule has 3 heteroatoms. The number of carbonyl (C=O) groups excluding carboxylic acids is 1. The number of carbonyl (C=O) groups is 1. The molecule has 0 N–H and O–H groups in total. The van der Waals surface area contributed by atoms with Crippen LogP contribution in [0.1, 0.15) is 38.2 Å². The van der Waals surface area contributed by atoms with Gasteiger partial charge in [0.1, 0.15) is 5.60 Å². The number of ether oxygens (including phenoxy) is 1. The van der Waals surface area contributed by atoms with Crippen LogP contribution in [-0.4, -0.2) is 18.0 Å². The van der Waals surface area contributed by atoms with E-state index in [4.69, 9.17) is 4.74 Å². The highest BCUT2D eigenvalue weighted by atomic mass is 127. The van der Waals surface area contributed by atoms with Gasteiger partial charge in [-0.25, -0.2) is 0 Å². The molecule has 0 amide bonds. The van der Waals surface area contributed by atoms with Crippen LogP contribution in [0.25, 0.3) is 0 Å². The van der Waals surface area contributed by atoms with Crippen molar-refractivity contribution in [2.45, 2.75) is 44.6 Å². The van der Waals surface area contributed by atoms with Crippen LogP contribution in [0.5, 0.6) is 0 Å². The Morgan fingerprint density at radius 1 is 1.28 bits per heavy atom. The molecule has 0 saturated heterocycles. The molecular weight excluding hydrogens is 339 g/mol. The summed E-state index contributed by atoms with van der Waals surface area (Å²) in [5, 5.41) is 0. The van der Waals surface area contributed by atoms with Crippen molar-refractivity contribution in [1.29, 1.82) is 0 Å². The highest BCUT2D eigenvalue weighted by molar-refractivity contribution is 14.1. The molecule has 1 aliphatic rings. The number of halogens is 1. The normalized spacial score (nSPS) is 17.9. The summed E-state index contributed by atoms with van der Waals surface area (Å²) in [6.07, 6.45) is 4.50. The zero-order valence-corrected chi connectivity index (χ0v) is 12.9. The second-order valence-electron chi connectivity index (χ2n) is 4.86. The number of rotatable bonds is 5. The van der Waals surface area contributed by atoms with Crippen LogP contribution in [-0.2, 0) is 16.0 Å². The lowest BCUT2D eigenvalue weighted by atomic mass is 9.91. The van der Waals surface area contributed by atoms with Crippen LogP contribution in [0.2, 0.25) is 0 Å². The highest BCUT2D eigenvalue weighted by Crippen LogP contribution is 2.35. The molecule has 2 rings (SSSR count). The Bertz CT molecular complexity index is 405. The molecule has 1 aliphatic carbocycles. The van der Waals surface area contributed by atoms with Gasteiger partial charge < -0.3 is 4.74 Å². The number of hydrogen-bond acceptors (Lipinski definition) is 2. The van der Waals surface area contributed by atoms with Crippen LogP contribution >= 0.6 is 22.6 Å². The summed E-state index contributed by atoms with van der Waals surface area (Å²) >= 11 is 2.27. The number of hydrogen-bond donors (Lipinski definition) is 0. The van der Waals surface area contributed by atoms with Gasteiger partial charge in [-0.05, 0) is 72.9 Å². The second kappa shape index (κ2) is 6.15. The van der Waals surface area contributed by atoms with E-state index in [2.05, 4.69) is 22.6 Å². The van der Waals surface area contributed by atoms with E-state index in [9.17, 15) is 4.79 Å². The fraction of sp³-hybridized carbons (Fsp3) is 0.533. The molecule has 18 heavy (non-hydrogen) atoms. The maximum Gasteiger partial charge on any atom is 0.168 e. The maximum atomic E-state index is 12.5. The predicted octanol–water partition coefficient (Wildman–Crippen LogP) is 3.75. The summed E-state index contributed by atoms with van der Waals surface area (Å²) in [5.41, 5.74) is 0.601. The molecule has 0 bridgehead atoms. The third kappa shape index (κ3) is 3.12. The van der Waals surface area contributed by atoms with Crippen molar-refractivity contribution in [3.05, 3.63) is 33.4 Å². The lowest BCUT2D eigenvalue weighted by Crippen LogP contribution is -2.40. The van der Waals surface area contributed by atoms with Crippen LogP contribution in [0.15, 0.2) is 24.3 Å². The lowest BCUT2D eigenvalue weighted by Gasteiger charge is -2.27. The zero-order chi connectivity index (χ0) is 13.0. The number of benzene rings is 1. The average Bonchev–Trinajstić information content (AvgIpc) is 2.82. The van der Waals surface area contributed by atoms with Gasteiger partial charge in [0, 0.05) is 16.6 Å². The predicted molar refractivity (Wildman–Crippen MR) is 80.7 cm³/mol. The van der Waals surface area contributed by atoms with Gasteiger partial charge in [-0.1, -0.05) is 12.1 Å². The van der Waals surface area contributed by atoms with Crippen molar-refractivity contribution in [3.8, 4) is 0 Å². The van der Waals surface area contributed by atoms with E-state index in [0.29, 0.717) is 13.0 Å². The third-order valence-corrected chi connectivity index (χ3v) is 4.34. The molecule has 1 aromatic carbocycles. The monoisotopic (exact) mass is 358 g/mol. The number of Topliss-reactive ketones (excluding diaryl/α,β-unsaturated/α-hetero) is 1. The van der Waals surface area contributed by atoms with Crippen molar-refractivity contribution in [1.82, 2.24) is 0 Å². The van der Waals surface area contributed by atoms with Crippen molar-refractivity contribution in [3.63, 3.8) is 0 Å². The largest absolute Gasteiger partial charge is 0.367 e. The van der Waals surface area contributed by atoms with E-state index in [1.165, 1.54) is 3.57 Å². The molecule has 1 aromatic rings. The first kappa shape index (κ1) is 14.0. The van der Waals surface area contributed by atoms with E-state index in [1.54, 1.807) is 0 Å². The molecule has 0 aliphatic heterocycles. The minimum atomic E-state index is -0.488. The summed E-state index contributed by atoms with van der Waals surface area (Å²) in [6.45, 7) is 2.59. The van der Waals surface area contributed by atoms with Gasteiger partial charge in [0.2, 0.25) is 0 Å². The van der Waals surface area contributed by atoms with E-state index in [-0.39, 0.29) is 5.78 Å². The molecule has 0 aromatic heterocycles. The minimum Gasteiger partial charge on any atom is -0.367 e. The fourth-order valence-corrected chi connectivity index (χ4v) is 3.03. The van der Waals surface area contributed by atoms with Crippen LogP contribution < -0.4 is 0 Å². The zero-order valence-electron chi connectivity index (χ0n) is 10.7. The quantitative estimate of drug-likeness (QED) is 0.750. The first-order valence-corrected chi connectivity index (χ1v) is 7.66. The summed E-state index contributed by atoms with van der Waals surface area (Å²) in [6, 6.07) is 8.17. The van der Waals surface area contributed by atoms with Crippen molar-refractivity contribution in [2.75, 3.05) is 6.61 Å². The Hall–Kier alpha value is -0.420. The lowest BCUT2D eigenvalue weighted by molar-refractivity contribution is -0.142. The smallest absolute Gasteiger partial charge is 0.168 e. The highest BCUT2D eigenvalue weighted by Gasteiger charge is 2.41. The number of ketones is 1. The molecule has 1 saturated carbocycles. The Balaban J connectivity index is 2.07. The van der Waals surface area contributed by atoms with E-state index in [0.717, 1.165) is 31.2 Å². The fourth-order valence-electron chi connectivity index (χ4n) is 2.67. The molecular formula is C15H19IO2.